The van der Waals surface area contributed by atoms with E-state index in [2.05, 4.69) is 16.0 Å². The monoisotopic (exact) mass is 347 g/mol. The van der Waals surface area contributed by atoms with Crippen molar-refractivity contribution in [3.63, 3.8) is 0 Å². The number of hydrogen-bond acceptors (Lipinski definition) is 3. The van der Waals surface area contributed by atoms with Crippen LogP contribution in [0.4, 0.5) is 11.4 Å². The maximum absolute atomic E-state index is 12.2. The summed E-state index contributed by atoms with van der Waals surface area (Å²) in [6, 6.07) is 20.9. The molecular weight excluding hydrogens is 326 g/mol. The first kappa shape index (κ1) is 17.5. The van der Waals surface area contributed by atoms with Gasteiger partial charge in [-0.1, -0.05) is 36.4 Å². The van der Waals surface area contributed by atoms with Crippen LogP contribution in [0.3, 0.4) is 0 Å². The second-order valence-electron chi connectivity index (χ2n) is 5.90. The summed E-state index contributed by atoms with van der Waals surface area (Å²) in [4.78, 5) is 24.0. The number of nitrogens with one attached hydrogen (secondary N) is 3. The van der Waals surface area contributed by atoms with Gasteiger partial charge in [0.2, 0.25) is 5.91 Å². The normalized spacial score (nSPS) is 10.3. The van der Waals surface area contributed by atoms with Crippen LogP contribution in [0.2, 0.25) is 0 Å². The van der Waals surface area contributed by atoms with Crippen molar-refractivity contribution in [2.75, 3.05) is 23.7 Å². The minimum absolute atomic E-state index is 0.143. The molecule has 5 nitrogen and oxygen atoms in total. The molecule has 0 saturated carbocycles. The summed E-state index contributed by atoms with van der Waals surface area (Å²) in [6.45, 7) is 2.57. The van der Waals surface area contributed by atoms with Crippen molar-refractivity contribution in [3.05, 3.63) is 72.3 Å². The van der Waals surface area contributed by atoms with Crippen LogP contribution >= 0.6 is 0 Å². The summed E-state index contributed by atoms with van der Waals surface area (Å²) in [5.74, 6) is -0.330. The Hall–Kier alpha value is -3.34. The molecule has 0 fully saturated rings. The first-order valence-electron chi connectivity index (χ1n) is 8.56. The second kappa shape index (κ2) is 8.16. The Morgan fingerprint density at radius 1 is 0.846 bits per heavy atom. The Kier molecular flexibility index (Phi) is 5.49. The zero-order chi connectivity index (χ0) is 18.4. The molecule has 3 N–H and O–H groups in total. The standard InChI is InChI=1S/C21H21N3O2/c1-2-22-21(26)17-8-5-9-19(13-17)24-20(25)14-23-18-11-10-15-6-3-4-7-16(15)12-18/h3-13,23H,2,14H2,1H3,(H,22,26)(H,24,25). The van der Waals surface area contributed by atoms with Crippen molar-refractivity contribution in [2.24, 2.45) is 0 Å². The summed E-state index contributed by atoms with van der Waals surface area (Å²) in [6.07, 6.45) is 0. The molecule has 0 radical (unpaired) electrons. The summed E-state index contributed by atoms with van der Waals surface area (Å²) >= 11 is 0. The predicted molar refractivity (Wildman–Crippen MR) is 106 cm³/mol. The number of amides is 2. The van der Waals surface area contributed by atoms with Gasteiger partial charge in [0.05, 0.1) is 6.54 Å². The highest BCUT2D eigenvalue weighted by Gasteiger charge is 2.07. The van der Waals surface area contributed by atoms with Crippen LogP contribution in [0.25, 0.3) is 10.8 Å². The molecule has 0 aromatic heterocycles. The molecule has 0 aliphatic rings. The number of carbonyl (C=O) groups is 2. The highest BCUT2D eigenvalue weighted by atomic mass is 16.2. The summed E-state index contributed by atoms with van der Waals surface area (Å²) in [5.41, 5.74) is 2.00. The van der Waals surface area contributed by atoms with E-state index in [1.54, 1.807) is 24.3 Å². The lowest BCUT2D eigenvalue weighted by molar-refractivity contribution is -0.114. The molecule has 3 rings (SSSR count). The van der Waals surface area contributed by atoms with Gasteiger partial charge < -0.3 is 16.0 Å². The number of benzene rings is 3. The lowest BCUT2D eigenvalue weighted by Gasteiger charge is -2.10. The first-order valence-corrected chi connectivity index (χ1v) is 8.56. The Morgan fingerprint density at radius 2 is 1.65 bits per heavy atom. The van der Waals surface area contributed by atoms with Gasteiger partial charge >= 0.3 is 0 Å². The maximum Gasteiger partial charge on any atom is 0.251 e. The highest BCUT2D eigenvalue weighted by Crippen LogP contribution is 2.18. The van der Waals surface area contributed by atoms with Crippen molar-refractivity contribution >= 4 is 34.0 Å². The zero-order valence-electron chi connectivity index (χ0n) is 14.6. The van der Waals surface area contributed by atoms with E-state index < -0.39 is 0 Å². The average Bonchev–Trinajstić information content (AvgIpc) is 2.66. The fourth-order valence-electron chi connectivity index (χ4n) is 2.69. The molecule has 0 heterocycles. The third-order valence-electron chi connectivity index (χ3n) is 3.95. The Labute approximate surface area is 152 Å². The molecule has 0 bridgehead atoms. The zero-order valence-corrected chi connectivity index (χ0v) is 14.6. The van der Waals surface area contributed by atoms with Crippen molar-refractivity contribution in [3.8, 4) is 0 Å². The molecule has 0 spiro atoms. The molecule has 132 valence electrons. The third kappa shape index (κ3) is 4.39. The van der Waals surface area contributed by atoms with Crippen LogP contribution < -0.4 is 16.0 Å². The van der Waals surface area contributed by atoms with E-state index in [0.717, 1.165) is 16.5 Å². The Morgan fingerprint density at radius 3 is 2.46 bits per heavy atom. The summed E-state index contributed by atoms with van der Waals surface area (Å²) in [5, 5.41) is 10.9. The van der Waals surface area contributed by atoms with Gasteiger partial charge in [0.25, 0.3) is 5.91 Å². The largest absolute Gasteiger partial charge is 0.376 e. The van der Waals surface area contributed by atoms with E-state index in [-0.39, 0.29) is 18.4 Å². The van der Waals surface area contributed by atoms with Crippen molar-refractivity contribution in [1.29, 1.82) is 0 Å². The summed E-state index contributed by atoms with van der Waals surface area (Å²) in [7, 11) is 0. The molecule has 0 unspecified atom stereocenters. The minimum atomic E-state index is -0.175. The molecule has 5 heteroatoms. The SMILES string of the molecule is CCNC(=O)c1cccc(NC(=O)CNc2ccc3ccccc3c2)c1. The predicted octanol–water partition coefficient (Wildman–Crippen LogP) is 3.64. The number of fused-ring (bicyclic) bond motifs is 1. The van der Waals surface area contributed by atoms with Gasteiger partial charge in [0, 0.05) is 23.5 Å². The van der Waals surface area contributed by atoms with Gasteiger partial charge in [-0.3, -0.25) is 9.59 Å². The lowest BCUT2D eigenvalue weighted by Crippen LogP contribution is -2.24. The van der Waals surface area contributed by atoms with Crippen LogP contribution in [-0.2, 0) is 4.79 Å². The van der Waals surface area contributed by atoms with E-state index in [1.165, 1.54) is 0 Å². The van der Waals surface area contributed by atoms with Gasteiger partial charge in [-0.25, -0.2) is 0 Å². The first-order chi connectivity index (χ1) is 12.7. The average molecular weight is 347 g/mol. The summed E-state index contributed by atoms with van der Waals surface area (Å²) < 4.78 is 0. The number of hydrogen-bond donors (Lipinski definition) is 3. The minimum Gasteiger partial charge on any atom is -0.376 e. The number of carbonyl (C=O) groups excluding carboxylic acids is 2. The van der Waals surface area contributed by atoms with Crippen LogP contribution in [0.15, 0.2) is 66.7 Å². The topological polar surface area (TPSA) is 70.2 Å². The number of anilines is 2. The van der Waals surface area contributed by atoms with Crippen molar-refractivity contribution < 1.29 is 9.59 Å². The van der Waals surface area contributed by atoms with Crippen LogP contribution in [-0.4, -0.2) is 24.9 Å². The van der Waals surface area contributed by atoms with Crippen LogP contribution in [0, 0.1) is 0 Å². The van der Waals surface area contributed by atoms with E-state index in [4.69, 9.17) is 0 Å². The van der Waals surface area contributed by atoms with E-state index in [9.17, 15) is 9.59 Å². The van der Waals surface area contributed by atoms with Gasteiger partial charge in [0.15, 0.2) is 0 Å². The quantitative estimate of drug-likeness (QED) is 0.637. The Balaban J connectivity index is 1.60. The molecule has 0 atom stereocenters. The Bertz CT molecular complexity index is 937. The van der Waals surface area contributed by atoms with Gasteiger partial charge in [-0.05, 0) is 48.0 Å². The number of rotatable bonds is 6. The molecular formula is C21H21N3O2. The van der Waals surface area contributed by atoms with Crippen LogP contribution in [0.1, 0.15) is 17.3 Å². The van der Waals surface area contributed by atoms with Gasteiger partial charge in [-0.15, -0.1) is 0 Å². The van der Waals surface area contributed by atoms with E-state index in [1.807, 2.05) is 49.4 Å². The molecule has 3 aromatic rings. The maximum atomic E-state index is 12.2. The molecule has 0 aliphatic carbocycles. The fourth-order valence-corrected chi connectivity index (χ4v) is 2.69. The van der Waals surface area contributed by atoms with Crippen LogP contribution in [0.5, 0.6) is 0 Å². The van der Waals surface area contributed by atoms with Crippen molar-refractivity contribution in [2.45, 2.75) is 6.92 Å². The van der Waals surface area contributed by atoms with Gasteiger partial charge in [0.1, 0.15) is 0 Å². The van der Waals surface area contributed by atoms with E-state index >= 15 is 0 Å². The lowest BCUT2D eigenvalue weighted by atomic mass is 10.1. The fraction of sp³-hybridized carbons (Fsp3) is 0.143. The second-order valence-corrected chi connectivity index (χ2v) is 5.90. The van der Waals surface area contributed by atoms with E-state index in [0.29, 0.717) is 17.8 Å². The molecule has 0 aliphatic heterocycles. The van der Waals surface area contributed by atoms with Crippen molar-refractivity contribution in [1.82, 2.24) is 5.32 Å². The highest BCUT2D eigenvalue weighted by molar-refractivity contribution is 5.98. The molecule has 2 amide bonds. The molecule has 26 heavy (non-hydrogen) atoms. The van der Waals surface area contributed by atoms with Gasteiger partial charge in [-0.2, -0.15) is 0 Å². The molecule has 3 aromatic carbocycles. The smallest absolute Gasteiger partial charge is 0.251 e. The molecule has 0 saturated heterocycles. The third-order valence-corrected chi connectivity index (χ3v) is 3.95.